The Bertz CT molecular complexity index is 645. The number of aryl methyl sites for hydroxylation is 1. The standard InChI is InChI=1S/C15H25N3O3S/c1-11(2)14-16-13(10-18(14)3)22(19,20)17-12-4-5-15(12)6-8-21-9-7-15/h10-12,17H,4-9H2,1-3H3. The predicted molar refractivity (Wildman–Crippen MR) is 83.1 cm³/mol. The lowest BCUT2D eigenvalue weighted by atomic mass is 9.60. The van der Waals surface area contributed by atoms with Crippen molar-refractivity contribution in [1.29, 1.82) is 0 Å². The van der Waals surface area contributed by atoms with Crippen LogP contribution < -0.4 is 4.72 Å². The molecule has 2 fully saturated rings. The summed E-state index contributed by atoms with van der Waals surface area (Å²) in [6.45, 7) is 5.49. The molecule has 0 radical (unpaired) electrons. The van der Waals surface area contributed by atoms with Gasteiger partial charge in [-0.1, -0.05) is 13.8 Å². The summed E-state index contributed by atoms with van der Waals surface area (Å²) in [5, 5.41) is 0.132. The van der Waals surface area contributed by atoms with Crippen molar-refractivity contribution in [3.05, 3.63) is 12.0 Å². The highest BCUT2D eigenvalue weighted by Gasteiger charge is 2.49. The van der Waals surface area contributed by atoms with Gasteiger partial charge < -0.3 is 9.30 Å². The average molecular weight is 327 g/mol. The Morgan fingerprint density at radius 3 is 2.55 bits per heavy atom. The Balaban J connectivity index is 1.78. The molecule has 1 aromatic heterocycles. The summed E-state index contributed by atoms with van der Waals surface area (Å²) in [6.07, 6.45) is 5.48. The van der Waals surface area contributed by atoms with Gasteiger partial charge in [0.25, 0.3) is 10.0 Å². The van der Waals surface area contributed by atoms with E-state index in [4.69, 9.17) is 4.74 Å². The first-order chi connectivity index (χ1) is 10.3. The van der Waals surface area contributed by atoms with E-state index in [1.54, 1.807) is 10.8 Å². The summed E-state index contributed by atoms with van der Waals surface area (Å²) < 4.78 is 35.4. The first-order valence-electron chi connectivity index (χ1n) is 7.97. The van der Waals surface area contributed by atoms with Gasteiger partial charge in [-0.3, -0.25) is 0 Å². The number of rotatable bonds is 4. The second-order valence-corrected chi connectivity index (χ2v) is 8.55. The Morgan fingerprint density at radius 2 is 2.05 bits per heavy atom. The van der Waals surface area contributed by atoms with Gasteiger partial charge in [0.05, 0.1) is 0 Å². The maximum atomic E-state index is 12.6. The molecule has 1 N–H and O–H groups in total. The first kappa shape index (κ1) is 16.0. The third kappa shape index (κ3) is 2.70. The molecule has 1 aromatic rings. The molecule has 3 rings (SSSR count). The molecule has 6 nitrogen and oxygen atoms in total. The number of hydrogen-bond donors (Lipinski definition) is 1. The zero-order valence-electron chi connectivity index (χ0n) is 13.5. The summed E-state index contributed by atoms with van der Waals surface area (Å²) in [5.41, 5.74) is 0.0982. The lowest BCUT2D eigenvalue weighted by Gasteiger charge is -2.51. The fraction of sp³-hybridized carbons (Fsp3) is 0.800. The monoisotopic (exact) mass is 327 g/mol. The molecule has 0 aromatic carbocycles. The minimum Gasteiger partial charge on any atom is -0.381 e. The van der Waals surface area contributed by atoms with Crippen LogP contribution in [0.5, 0.6) is 0 Å². The van der Waals surface area contributed by atoms with Gasteiger partial charge in [-0.15, -0.1) is 0 Å². The zero-order valence-corrected chi connectivity index (χ0v) is 14.3. The smallest absolute Gasteiger partial charge is 0.259 e. The van der Waals surface area contributed by atoms with Gasteiger partial charge in [-0.2, -0.15) is 0 Å². The van der Waals surface area contributed by atoms with E-state index in [-0.39, 0.29) is 22.4 Å². The van der Waals surface area contributed by atoms with E-state index in [0.29, 0.717) is 0 Å². The quantitative estimate of drug-likeness (QED) is 0.915. The van der Waals surface area contributed by atoms with Crippen LogP contribution in [0.4, 0.5) is 0 Å². The molecule has 1 aliphatic carbocycles. The van der Waals surface area contributed by atoms with Crippen LogP contribution in [0.2, 0.25) is 0 Å². The van der Waals surface area contributed by atoms with Crippen molar-refractivity contribution in [1.82, 2.24) is 14.3 Å². The van der Waals surface area contributed by atoms with Gasteiger partial charge in [0, 0.05) is 38.4 Å². The van der Waals surface area contributed by atoms with Crippen molar-refractivity contribution >= 4 is 10.0 Å². The van der Waals surface area contributed by atoms with Gasteiger partial charge in [0.2, 0.25) is 0 Å². The fourth-order valence-corrected chi connectivity index (χ4v) is 5.00. The van der Waals surface area contributed by atoms with Crippen molar-refractivity contribution in [2.75, 3.05) is 13.2 Å². The summed E-state index contributed by atoms with van der Waals surface area (Å²) in [6, 6.07) is 0.0194. The van der Waals surface area contributed by atoms with Crippen molar-refractivity contribution in [2.45, 2.75) is 56.5 Å². The molecule has 0 bridgehead atoms. The molecule has 1 unspecified atom stereocenters. The van der Waals surface area contributed by atoms with Crippen molar-refractivity contribution < 1.29 is 13.2 Å². The van der Waals surface area contributed by atoms with E-state index in [0.717, 1.165) is 44.7 Å². The number of imidazole rings is 1. The van der Waals surface area contributed by atoms with Crippen LogP contribution in [0, 0.1) is 5.41 Å². The van der Waals surface area contributed by atoms with E-state index in [9.17, 15) is 8.42 Å². The second-order valence-electron chi connectivity index (χ2n) is 6.89. The highest BCUT2D eigenvalue weighted by Crippen LogP contribution is 2.49. The number of nitrogens with zero attached hydrogens (tertiary/aromatic N) is 2. The normalized spacial score (nSPS) is 24.6. The number of ether oxygens (including phenoxy) is 1. The van der Waals surface area contributed by atoms with E-state index in [1.807, 2.05) is 20.9 Å². The lowest BCUT2D eigenvalue weighted by Crippen LogP contribution is -2.57. The second kappa shape index (κ2) is 5.62. The van der Waals surface area contributed by atoms with E-state index < -0.39 is 10.0 Å². The van der Waals surface area contributed by atoms with Crippen LogP contribution in [0.1, 0.15) is 51.3 Å². The van der Waals surface area contributed by atoms with E-state index in [2.05, 4.69) is 9.71 Å². The van der Waals surface area contributed by atoms with Gasteiger partial charge >= 0.3 is 0 Å². The average Bonchev–Trinajstić information content (AvgIpc) is 2.88. The molecule has 22 heavy (non-hydrogen) atoms. The molecule has 1 spiro atoms. The third-order valence-corrected chi connectivity index (χ3v) is 6.48. The van der Waals surface area contributed by atoms with Gasteiger partial charge in [-0.05, 0) is 31.1 Å². The molecule has 0 amide bonds. The van der Waals surface area contributed by atoms with E-state index >= 15 is 0 Å². The lowest BCUT2D eigenvalue weighted by molar-refractivity contribution is -0.0483. The maximum Gasteiger partial charge on any atom is 0.259 e. The van der Waals surface area contributed by atoms with Crippen molar-refractivity contribution in [3.63, 3.8) is 0 Å². The first-order valence-corrected chi connectivity index (χ1v) is 9.46. The van der Waals surface area contributed by atoms with Gasteiger partial charge in [-0.25, -0.2) is 18.1 Å². The number of aromatic nitrogens is 2. The zero-order chi connectivity index (χ0) is 16.0. The van der Waals surface area contributed by atoms with Gasteiger partial charge in [0.1, 0.15) is 5.82 Å². The molecule has 7 heteroatoms. The van der Waals surface area contributed by atoms with Crippen LogP contribution in [0.25, 0.3) is 0 Å². The minimum absolute atomic E-state index is 0.0194. The fourth-order valence-electron chi connectivity index (χ4n) is 3.62. The Hall–Kier alpha value is -0.920. The number of sulfonamides is 1. The maximum absolute atomic E-state index is 12.6. The number of nitrogens with one attached hydrogen (secondary N) is 1. The Labute approximate surface area is 132 Å². The highest BCUT2D eigenvalue weighted by atomic mass is 32.2. The highest BCUT2D eigenvalue weighted by molar-refractivity contribution is 7.89. The molecular formula is C15H25N3O3S. The molecular weight excluding hydrogens is 302 g/mol. The summed E-state index contributed by atoms with van der Waals surface area (Å²) >= 11 is 0. The molecule has 1 aliphatic heterocycles. The predicted octanol–water partition coefficient (Wildman–Crippen LogP) is 1.78. The SMILES string of the molecule is CC(C)c1nc(S(=O)(=O)NC2CCC23CCOCC3)cn1C. The molecule has 124 valence electrons. The van der Waals surface area contributed by atoms with E-state index in [1.165, 1.54) is 0 Å². The molecule has 1 saturated carbocycles. The Morgan fingerprint density at radius 1 is 1.36 bits per heavy atom. The van der Waals surface area contributed by atoms with Crippen molar-refractivity contribution in [3.8, 4) is 0 Å². The van der Waals surface area contributed by atoms with Crippen LogP contribution >= 0.6 is 0 Å². The molecule has 2 aliphatic rings. The van der Waals surface area contributed by atoms with Crippen LogP contribution in [-0.2, 0) is 21.8 Å². The topological polar surface area (TPSA) is 73.2 Å². The van der Waals surface area contributed by atoms with Crippen LogP contribution in [0.15, 0.2) is 11.2 Å². The number of hydrogen-bond acceptors (Lipinski definition) is 4. The molecule has 1 saturated heterocycles. The van der Waals surface area contributed by atoms with Crippen molar-refractivity contribution in [2.24, 2.45) is 12.5 Å². The summed E-state index contributed by atoms with van der Waals surface area (Å²) in [4.78, 5) is 4.31. The minimum atomic E-state index is -3.55. The van der Waals surface area contributed by atoms with Gasteiger partial charge in [0.15, 0.2) is 5.03 Å². The molecule has 2 heterocycles. The third-order valence-electron chi connectivity index (χ3n) is 5.14. The van der Waals surface area contributed by atoms with Crippen LogP contribution in [0.3, 0.4) is 0 Å². The Kier molecular flexibility index (Phi) is 4.07. The summed E-state index contributed by atoms with van der Waals surface area (Å²) in [5.74, 6) is 0.981. The van der Waals surface area contributed by atoms with Crippen LogP contribution in [-0.4, -0.2) is 37.2 Å². The largest absolute Gasteiger partial charge is 0.381 e. The summed E-state index contributed by atoms with van der Waals surface area (Å²) in [7, 11) is -1.72. The molecule has 1 atom stereocenters.